The van der Waals surface area contributed by atoms with E-state index in [0.717, 1.165) is 23.5 Å². The molecule has 2 aromatic rings. The number of nitrogens with one attached hydrogen (secondary N) is 1. The van der Waals surface area contributed by atoms with Gasteiger partial charge in [-0.2, -0.15) is 5.26 Å². The van der Waals surface area contributed by atoms with Crippen LogP contribution in [0.25, 0.3) is 6.08 Å². The van der Waals surface area contributed by atoms with E-state index in [4.69, 9.17) is 4.74 Å². The van der Waals surface area contributed by atoms with Crippen LogP contribution in [0.5, 0.6) is 5.75 Å². The summed E-state index contributed by atoms with van der Waals surface area (Å²) in [6.07, 6.45) is 1.63. The molecule has 0 aliphatic carbocycles. The molecule has 0 atom stereocenters. The fourth-order valence-corrected chi connectivity index (χ4v) is 2.66. The molecule has 1 N–H and O–H groups in total. The van der Waals surface area contributed by atoms with Crippen LogP contribution in [0.2, 0.25) is 0 Å². The largest absolute Gasteiger partial charge is 0.497 e. The van der Waals surface area contributed by atoms with Crippen LogP contribution in [0.1, 0.15) is 23.9 Å². The van der Waals surface area contributed by atoms with Crippen LogP contribution >= 0.6 is 0 Å². The number of hydrogen-bond donors (Lipinski definition) is 1. The first-order valence-corrected chi connectivity index (χ1v) is 7.74. The fraction of sp³-hybridized carbons (Fsp3) is 0.263. The minimum absolute atomic E-state index is 0.0640. The van der Waals surface area contributed by atoms with Crippen LogP contribution in [0, 0.1) is 25.2 Å². The maximum Gasteiger partial charge on any atom is 0.266 e. The second-order valence-electron chi connectivity index (χ2n) is 5.43. The van der Waals surface area contributed by atoms with Crippen molar-refractivity contribution in [3.63, 3.8) is 0 Å². The summed E-state index contributed by atoms with van der Waals surface area (Å²) < 4.78 is 7.27. The number of nitriles is 1. The topological polar surface area (TPSA) is 67.0 Å². The molecular formula is C19H21N3O2. The molecule has 0 unspecified atom stereocenters. The third-order valence-corrected chi connectivity index (χ3v) is 3.92. The van der Waals surface area contributed by atoms with Gasteiger partial charge in [-0.25, -0.2) is 0 Å². The summed E-state index contributed by atoms with van der Waals surface area (Å²) in [5, 5.41) is 12.1. The van der Waals surface area contributed by atoms with Crippen molar-refractivity contribution in [2.24, 2.45) is 0 Å². The second kappa shape index (κ2) is 7.51. The quantitative estimate of drug-likeness (QED) is 0.674. The Labute approximate surface area is 142 Å². The molecule has 0 aliphatic rings. The normalized spacial score (nSPS) is 11.0. The lowest BCUT2D eigenvalue weighted by Gasteiger charge is -2.07. The van der Waals surface area contributed by atoms with Crippen LogP contribution in [-0.4, -0.2) is 17.6 Å². The van der Waals surface area contributed by atoms with Crippen LogP contribution in [0.3, 0.4) is 0 Å². The molecule has 5 heteroatoms. The fourth-order valence-electron chi connectivity index (χ4n) is 2.66. The third kappa shape index (κ3) is 3.66. The van der Waals surface area contributed by atoms with Gasteiger partial charge in [0.25, 0.3) is 5.91 Å². The number of nitrogens with zero attached hydrogens (tertiary/aromatic N) is 2. The van der Waals surface area contributed by atoms with Gasteiger partial charge >= 0.3 is 0 Å². The summed E-state index contributed by atoms with van der Waals surface area (Å²) in [6, 6.07) is 11.0. The molecule has 24 heavy (non-hydrogen) atoms. The summed E-state index contributed by atoms with van der Waals surface area (Å²) >= 11 is 0. The molecule has 0 spiro atoms. The highest BCUT2D eigenvalue weighted by Crippen LogP contribution is 2.20. The van der Waals surface area contributed by atoms with Gasteiger partial charge in [-0.15, -0.1) is 0 Å². The van der Waals surface area contributed by atoms with Gasteiger partial charge in [0.05, 0.1) is 7.11 Å². The van der Waals surface area contributed by atoms with Crippen molar-refractivity contribution >= 4 is 17.7 Å². The molecule has 1 aromatic carbocycles. The maximum atomic E-state index is 12.4. The number of hydrogen-bond acceptors (Lipinski definition) is 3. The number of aromatic nitrogens is 1. The van der Waals surface area contributed by atoms with Gasteiger partial charge in [0.2, 0.25) is 0 Å². The summed E-state index contributed by atoms with van der Waals surface area (Å²) in [4.78, 5) is 12.4. The lowest BCUT2D eigenvalue weighted by atomic mass is 10.1. The first-order valence-electron chi connectivity index (χ1n) is 7.74. The van der Waals surface area contributed by atoms with Crippen molar-refractivity contribution < 1.29 is 9.53 Å². The molecule has 1 aromatic heterocycles. The van der Waals surface area contributed by atoms with E-state index in [9.17, 15) is 10.1 Å². The zero-order chi connectivity index (χ0) is 17.7. The van der Waals surface area contributed by atoms with E-state index in [0.29, 0.717) is 11.4 Å². The van der Waals surface area contributed by atoms with E-state index < -0.39 is 5.91 Å². The Hall–Kier alpha value is -3.00. The smallest absolute Gasteiger partial charge is 0.266 e. The van der Waals surface area contributed by atoms with Crippen molar-refractivity contribution in [2.45, 2.75) is 27.3 Å². The Morgan fingerprint density at radius 3 is 2.71 bits per heavy atom. The molecule has 1 heterocycles. The molecule has 0 radical (unpaired) electrons. The molecule has 0 saturated heterocycles. The monoisotopic (exact) mass is 323 g/mol. The summed E-state index contributed by atoms with van der Waals surface area (Å²) in [5.74, 6) is 0.203. The van der Waals surface area contributed by atoms with Crippen molar-refractivity contribution in [2.75, 3.05) is 12.4 Å². The van der Waals surface area contributed by atoms with Gasteiger partial charge in [0.15, 0.2) is 0 Å². The van der Waals surface area contributed by atoms with Gasteiger partial charge in [0, 0.05) is 29.7 Å². The zero-order valence-electron chi connectivity index (χ0n) is 14.4. The summed E-state index contributed by atoms with van der Waals surface area (Å²) in [7, 11) is 1.56. The number of amides is 1. The van der Waals surface area contributed by atoms with Crippen LogP contribution in [0.4, 0.5) is 5.69 Å². The Morgan fingerprint density at radius 2 is 2.12 bits per heavy atom. The van der Waals surface area contributed by atoms with Crippen molar-refractivity contribution in [3.05, 3.63) is 52.9 Å². The lowest BCUT2D eigenvalue weighted by Crippen LogP contribution is -2.13. The molecule has 2 rings (SSSR count). The standard InChI is InChI=1S/C19H21N3O2/c1-5-22-13(2)9-15(14(22)3)10-16(12-20)19(23)21-17-7-6-8-18(11-17)24-4/h6-11H,5H2,1-4H3,(H,21,23)/b16-10-. The number of methoxy groups -OCH3 is 1. The number of ether oxygens (including phenoxy) is 1. The first kappa shape index (κ1) is 17.4. The van der Waals surface area contributed by atoms with Crippen molar-refractivity contribution in [1.82, 2.24) is 4.57 Å². The summed E-state index contributed by atoms with van der Waals surface area (Å²) in [5.41, 5.74) is 3.67. The molecule has 5 nitrogen and oxygen atoms in total. The molecule has 124 valence electrons. The highest BCUT2D eigenvalue weighted by Gasteiger charge is 2.13. The van der Waals surface area contributed by atoms with Gasteiger partial charge in [-0.05, 0) is 50.6 Å². The van der Waals surface area contributed by atoms with E-state index in [-0.39, 0.29) is 5.57 Å². The number of rotatable bonds is 5. The molecule has 0 fully saturated rings. The molecule has 0 aliphatic heterocycles. The molecule has 1 amide bonds. The molecule has 0 saturated carbocycles. The highest BCUT2D eigenvalue weighted by atomic mass is 16.5. The van der Waals surface area contributed by atoms with Crippen LogP contribution in [0.15, 0.2) is 35.9 Å². The zero-order valence-corrected chi connectivity index (χ0v) is 14.4. The SMILES string of the molecule is CCn1c(C)cc(/C=C(/C#N)C(=O)Nc2cccc(OC)c2)c1C. The number of carbonyl (C=O) groups is 1. The van der Waals surface area contributed by atoms with E-state index in [1.807, 2.05) is 26.0 Å². The van der Waals surface area contributed by atoms with E-state index in [1.165, 1.54) is 0 Å². The first-order chi connectivity index (χ1) is 11.5. The number of benzene rings is 1. The predicted octanol–water partition coefficient (Wildman–Crippen LogP) is 3.68. The lowest BCUT2D eigenvalue weighted by molar-refractivity contribution is -0.112. The highest BCUT2D eigenvalue weighted by molar-refractivity contribution is 6.09. The van der Waals surface area contributed by atoms with Crippen molar-refractivity contribution in [3.8, 4) is 11.8 Å². The van der Waals surface area contributed by atoms with E-state index in [1.54, 1.807) is 37.5 Å². The molecular weight excluding hydrogens is 302 g/mol. The number of carbonyl (C=O) groups excluding carboxylic acids is 1. The minimum atomic E-state index is -0.438. The maximum absolute atomic E-state index is 12.4. The number of aryl methyl sites for hydroxylation is 1. The van der Waals surface area contributed by atoms with E-state index in [2.05, 4.69) is 16.8 Å². The van der Waals surface area contributed by atoms with E-state index >= 15 is 0 Å². The Balaban J connectivity index is 2.27. The van der Waals surface area contributed by atoms with Gasteiger partial charge in [-0.3, -0.25) is 4.79 Å². The van der Waals surface area contributed by atoms with Gasteiger partial charge in [-0.1, -0.05) is 6.07 Å². The Morgan fingerprint density at radius 1 is 1.38 bits per heavy atom. The Kier molecular flexibility index (Phi) is 5.43. The third-order valence-electron chi connectivity index (χ3n) is 3.92. The Bertz CT molecular complexity index is 826. The molecule has 0 bridgehead atoms. The van der Waals surface area contributed by atoms with Gasteiger partial charge in [0.1, 0.15) is 17.4 Å². The summed E-state index contributed by atoms with van der Waals surface area (Å²) in [6.45, 7) is 6.91. The number of anilines is 1. The average molecular weight is 323 g/mol. The second-order valence-corrected chi connectivity index (χ2v) is 5.43. The van der Waals surface area contributed by atoms with Crippen LogP contribution < -0.4 is 10.1 Å². The average Bonchev–Trinajstić information content (AvgIpc) is 2.85. The van der Waals surface area contributed by atoms with Crippen molar-refractivity contribution in [1.29, 1.82) is 5.26 Å². The van der Waals surface area contributed by atoms with Crippen LogP contribution in [-0.2, 0) is 11.3 Å². The van der Waals surface area contributed by atoms with Gasteiger partial charge < -0.3 is 14.6 Å². The minimum Gasteiger partial charge on any atom is -0.497 e. The predicted molar refractivity (Wildman–Crippen MR) is 94.8 cm³/mol.